The Morgan fingerprint density at radius 2 is 1.80 bits per heavy atom. The molecule has 1 atom stereocenters. The Labute approximate surface area is 151 Å². The summed E-state index contributed by atoms with van der Waals surface area (Å²) >= 11 is 0. The number of hydrogen-bond donors (Lipinski definition) is 1. The van der Waals surface area contributed by atoms with Gasteiger partial charge in [0.05, 0.1) is 6.04 Å². The fourth-order valence-corrected chi connectivity index (χ4v) is 2.87. The van der Waals surface area contributed by atoms with E-state index in [1.165, 1.54) is 5.56 Å². The molecule has 1 aromatic carbocycles. The summed E-state index contributed by atoms with van der Waals surface area (Å²) in [5.74, 6) is 0.422. The number of nitrogens with one attached hydrogen (secondary N) is 1. The molecule has 0 saturated heterocycles. The van der Waals surface area contributed by atoms with E-state index in [1.807, 2.05) is 18.3 Å². The lowest BCUT2D eigenvalue weighted by Crippen LogP contribution is -2.32. The van der Waals surface area contributed by atoms with Crippen molar-refractivity contribution in [3.05, 3.63) is 65.5 Å². The molecular formula is C22H30N2O. The van der Waals surface area contributed by atoms with Crippen molar-refractivity contribution in [2.75, 3.05) is 0 Å². The van der Waals surface area contributed by atoms with Crippen LogP contribution in [-0.4, -0.2) is 10.9 Å². The van der Waals surface area contributed by atoms with E-state index in [2.05, 4.69) is 69.2 Å². The number of rotatable bonds is 6. The summed E-state index contributed by atoms with van der Waals surface area (Å²) in [6.07, 6.45) is 4.76. The first-order valence-corrected chi connectivity index (χ1v) is 9.06. The van der Waals surface area contributed by atoms with Gasteiger partial charge in [0.1, 0.15) is 0 Å². The van der Waals surface area contributed by atoms with Crippen LogP contribution in [0.5, 0.6) is 0 Å². The molecule has 0 fully saturated rings. The van der Waals surface area contributed by atoms with Crippen LogP contribution in [0.25, 0.3) is 0 Å². The van der Waals surface area contributed by atoms with E-state index in [9.17, 15) is 4.79 Å². The Hall–Kier alpha value is -2.16. The molecule has 0 saturated carbocycles. The Morgan fingerprint density at radius 3 is 2.32 bits per heavy atom. The van der Waals surface area contributed by atoms with Crippen molar-refractivity contribution in [3.63, 3.8) is 0 Å². The van der Waals surface area contributed by atoms with Gasteiger partial charge < -0.3 is 5.32 Å². The molecule has 1 N–H and O–H groups in total. The summed E-state index contributed by atoms with van der Waals surface area (Å²) < 4.78 is 0. The van der Waals surface area contributed by atoms with E-state index in [4.69, 9.17) is 0 Å². The fraction of sp³-hybridized carbons (Fsp3) is 0.455. The maximum atomic E-state index is 12.4. The van der Waals surface area contributed by atoms with E-state index in [0.29, 0.717) is 18.8 Å². The number of benzene rings is 1. The largest absolute Gasteiger partial charge is 0.349 e. The minimum Gasteiger partial charge on any atom is -0.349 e. The van der Waals surface area contributed by atoms with Crippen LogP contribution in [0.15, 0.2) is 48.8 Å². The highest BCUT2D eigenvalue weighted by atomic mass is 16.1. The minimum atomic E-state index is 0.0374. The molecule has 1 aromatic heterocycles. The van der Waals surface area contributed by atoms with Crippen molar-refractivity contribution in [3.8, 4) is 0 Å². The van der Waals surface area contributed by atoms with Crippen LogP contribution < -0.4 is 5.32 Å². The number of aryl methyl sites for hydroxylation is 1. The molecule has 0 aliphatic carbocycles. The SMILES string of the molecule is CC(C)C(NC(=O)CCc1cccnc1)c1ccc(C(C)(C)C)cc1. The van der Waals surface area contributed by atoms with Crippen molar-refractivity contribution >= 4 is 5.91 Å². The summed E-state index contributed by atoms with van der Waals surface area (Å²) in [5.41, 5.74) is 3.70. The lowest BCUT2D eigenvalue weighted by Gasteiger charge is -2.25. The first kappa shape index (κ1) is 19.2. The van der Waals surface area contributed by atoms with Gasteiger partial charge in [-0.25, -0.2) is 0 Å². The second-order valence-electron chi connectivity index (χ2n) is 8.02. The first-order chi connectivity index (χ1) is 11.8. The molecule has 0 spiro atoms. The topological polar surface area (TPSA) is 42.0 Å². The van der Waals surface area contributed by atoms with Gasteiger partial charge >= 0.3 is 0 Å². The second-order valence-corrected chi connectivity index (χ2v) is 8.02. The molecule has 0 aliphatic rings. The molecular weight excluding hydrogens is 308 g/mol. The van der Waals surface area contributed by atoms with Crippen molar-refractivity contribution in [1.29, 1.82) is 0 Å². The lowest BCUT2D eigenvalue weighted by atomic mass is 9.85. The van der Waals surface area contributed by atoms with Crippen molar-refractivity contribution < 1.29 is 4.79 Å². The number of carbonyl (C=O) groups is 1. The van der Waals surface area contributed by atoms with Gasteiger partial charge in [0, 0.05) is 18.8 Å². The number of nitrogens with zero attached hydrogens (tertiary/aromatic N) is 1. The summed E-state index contributed by atoms with van der Waals surface area (Å²) in [6.45, 7) is 10.9. The molecule has 1 unspecified atom stereocenters. The third kappa shape index (κ3) is 5.70. The predicted octanol–water partition coefficient (Wildman–Crippen LogP) is 4.83. The Balaban J connectivity index is 2.01. The zero-order valence-electron chi connectivity index (χ0n) is 16.0. The smallest absolute Gasteiger partial charge is 0.220 e. The normalized spacial score (nSPS) is 12.9. The summed E-state index contributed by atoms with van der Waals surface area (Å²) in [4.78, 5) is 16.5. The van der Waals surface area contributed by atoms with Crippen LogP contribution in [0.4, 0.5) is 0 Å². The molecule has 0 bridgehead atoms. The van der Waals surface area contributed by atoms with Gasteiger partial charge in [-0.3, -0.25) is 9.78 Å². The van der Waals surface area contributed by atoms with Crippen molar-refractivity contribution in [1.82, 2.24) is 10.3 Å². The molecule has 3 nitrogen and oxygen atoms in total. The van der Waals surface area contributed by atoms with Gasteiger partial charge in [0.15, 0.2) is 0 Å². The van der Waals surface area contributed by atoms with Crippen LogP contribution >= 0.6 is 0 Å². The van der Waals surface area contributed by atoms with Crippen LogP contribution in [0.1, 0.15) is 63.8 Å². The molecule has 1 amide bonds. The summed E-state index contributed by atoms with van der Waals surface area (Å²) in [6, 6.07) is 12.6. The van der Waals surface area contributed by atoms with Gasteiger partial charge in [-0.2, -0.15) is 0 Å². The third-order valence-electron chi connectivity index (χ3n) is 4.48. The third-order valence-corrected chi connectivity index (χ3v) is 4.48. The van der Waals surface area contributed by atoms with Gasteiger partial charge in [-0.1, -0.05) is 65.0 Å². The fourth-order valence-electron chi connectivity index (χ4n) is 2.87. The average molecular weight is 338 g/mol. The van der Waals surface area contributed by atoms with E-state index < -0.39 is 0 Å². The zero-order valence-corrected chi connectivity index (χ0v) is 16.0. The summed E-state index contributed by atoms with van der Waals surface area (Å²) in [7, 11) is 0. The molecule has 0 radical (unpaired) electrons. The quantitative estimate of drug-likeness (QED) is 0.820. The first-order valence-electron chi connectivity index (χ1n) is 9.06. The van der Waals surface area contributed by atoms with Crippen molar-refractivity contribution in [2.45, 2.75) is 58.9 Å². The molecule has 25 heavy (non-hydrogen) atoms. The van der Waals surface area contributed by atoms with Crippen molar-refractivity contribution in [2.24, 2.45) is 5.92 Å². The average Bonchev–Trinajstić information content (AvgIpc) is 2.58. The molecule has 134 valence electrons. The predicted molar refractivity (Wildman–Crippen MR) is 103 cm³/mol. The van der Waals surface area contributed by atoms with Gasteiger partial charge in [0.25, 0.3) is 0 Å². The maximum absolute atomic E-state index is 12.4. The maximum Gasteiger partial charge on any atom is 0.220 e. The molecule has 2 rings (SSSR count). The Bertz CT molecular complexity index is 669. The van der Waals surface area contributed by atoms with Crippen LogP contribution in [0.3, 0.4) is 0 Å². The van der Waals surface area contributed by atoms with E-state index >= 15 is 0 Å². The monoisotopic (exact) mass is 338 g/mol. The minimum absolute atomic E-state index is 0.0374. The molecule has 1 heterocycles. The molecule has 3 heteroatoms. The lowest BCUT2D eigenvalue weighted by molar-refractivity contribution is -0.122. The number of amides is 1. The van der Waals surface area contributed by atoms with E-state index in [-0.39, 0.29) is 17.4 Å². The highest BCUT2D eigenvalue weighted by Crippen LogP contribution is 2.26. The van der Waals surface area contributed by atoms with Gasteiger partial charge in [-0.05, 0) is 40.5 Å². The van der Waals surface area contributed by atoms with Crippen LogP contribution in [-0.2, 0) is 16.6 Å². The second kappa shape index (κ2) is 8.28. The zero-order chi connectivity index (χ0) is 18.4. The van der Waals surface area contributed by atoms with Gasteiger partial charge in [0.2, 0.25) is 5.91 Å². The molecule has 2 aromatic rings. The standard InChI is InChI=1S/C22H30N2O/c1-16(2)21(18-9-11-19(12-10-18)22(3,4)5)24-20(25)13-8-17-7-6-14-23-15-17/h6-7,9-12,14-16,21H,8,13H2,1-5H3,(H,24,25). The highest BCUT2D eigenvalue weighted by Gasteiger charge is 2.20. The van der Waals surface area contributed by atoms with E-state index in [1.54, 1.807) is 6.20 Å². The van der Waals surface area contributed by atoms with Gasteiger partial charge in [-0.15, -0.1) is 0 Å². The Morgan fingerprint density at radius 1 is 1.12 bits per heavy atom. The number of aromatic nitrogens is 1. The summed E-state index contributed by atoms with van der Waals surface area (Å²) in [5, 5.41) is 3.20. The number of carbonyl (C=O) groups excluding carboxylic acids is 1. The van der Waals surface area contributed by atoms with Crippen LogP contribution in [0.2, 0.25) is 0 Å². The number of hydrogen-bond acceptors (Lipinski definition) is 2. The highest BCUT2D eigenvalue weighted by molar-refractivity contribution is 5.76. The van der Waals surface area contributed by atoms with Crippen LogP contribution in [0, 0.1) is 5.92 Å². The Kier molecular flexibility index (Phi) is 6.35. The molecule has 0 aliphatic heterocycles. The van der Waals surface area contributed by atoms with E-state index in [0.717, 1.165) is 11.1 Å². The number of pyridine rings is 1.